The minimum absolute atomic E-state index is 0.0514. The summed E-state index contributed by atoms with van der Waals surface area (Å²) in [6.07, 6.45) is 4.51. The van der Waals surface area contributed by atoms with E-state index in [0.29, 0.717) is 24.9 Å². The van der Waals surface area contributed by atoms with Crippen LogP contribution < -0.4 is 4.74 Å². The first-order valence-corrected chi connectivity index (χ1v) is 8.92. The minimum atomic E-state index is -0.921. The van der Waals surface area contributed by atoms with E-state index in [9.17, 15) is 14.7 Å². The highest BCUT2D eigenvalue weighted by Crippen LogP contribution is 2.30. The van der Waals surface area contributed by atoms with Crippen LogP contribution >= 0.6 is 0 Å². The van der Waals surface area contributed by atoms with Crippen LogP contribution in [-0.4, -0.2) is 59.6 Å². The predicted molar refractivity (Wildman–Crippen MR) is 93.6 cm³/mol. The number of benzene rings is 1. The summed E-state index contributed by atoms with van der Waals surface area (Å²) in [6, 6.07) is 4.94. The Balaban J connectivity index is 1.78. The topological polar surface area (TPSA) is 70.1 Å². The Kier molecular flexibility index (Phi) is 5.27. The van der Waals surface area contributed by atoms with E-state index in [1.165, 1.54) is 12.8 Å². The zero-order chi connectivity index (χ0) is 18.0. The van der Waals surface area contributed by atoms with Crippen LogP contribution in [-0.2, 0) is 9.59 Å². The van der Waals surface area contributed by atoms with Crippen LogP contribution in [0.15, 0.2) is 18.2 Å². The molecule has 0 radical (unpaired) electrons. The summed E-state index contributed by atoms with van der Waals surface area (Å²) in [5.41, 5.74) is 1.58. The third-order valence-electron chi connectivity index (χ3n) is 5.42. The van der Waals surface area contributed by atoms with Gasteiger partial charge in [-0.3, -0.25) is 14.5 Å². The number of rotatable bonds is 5. The van der Waals surface area contributed by atoms with Gasteiger partial charge >= 0.3 is 5.97 Å². The molecule has 1 saturated carbocycles. The second kappa shape index (κ2) is 7.44. The van der Waals surface area contributed by atoms with Gasteiger partial charge in [-0.25, -0.2) is 0 Å². The van der Waals surface area contributed by atoms with Crippen LogP contribution in [0.2, 0.25) is 0 Å². The maximum Gasteiger partial charge on any atom is 0.325 e. The fraction of sp³-hybridized carbons (Fsp3) is 0.579. The number of carboxylic acids is 1. The molecule has 6 heteroatoms. The largest absolute Gasteiger partial charge is 0.497 e. The van der Waals surface area contributed by atoms with Crippen molar-refractivity contribution in [1.29, 1.82) is 0 Å². The molecule has 1 N–H and O–H groups in total. The number of amides is 1. The van der Waals surface area contributed by atoms with Crippen molar-refractivity contribution in [3.8, 4) is 5.75 Å². The van der Waals surface area contributed by atoms with Crippen molar-refractivity contribution in [2.24, 2.45) is 0 Å². The molecule has 136 valence electrons. The number of carbonyl (C=O) groups excluding carboxylic acids is 1. The highest BCUT2D eigenvalue weighted by molar-refractivity contribution is 5.82. The molecule has 2 fully saturated rings. The van der Waals surface area contributed by atoms with E-state index < -0.39 is 12.0 Å². The van der Waals surface area contributed by atoms with Gasteiger partial charge in [-0.1, -0.05) is 18.9 Å². The number of piperazine rings is 1. The monoisotopic (exact) mass is 346 g/mol. The first-order chi connectivity index (χ1) is 12.0. The summed E-state index contributed by atoms with van der Waals surface area (Å²) in [4.78, 5) is 28.3. The van der Waals surface area contributed by atoms with Crippen molar-refractivity contribution in [2.75, 3.05) is 26.7 Å². The van der Waals surface area contributed by atoms with Crippen molar-refractivity contribution in [3.05, 3.63) is 29.3 Å². The summed E-state index contributed by atoms with van der Waals surface area (Å²) >= 11 is 0. The molecule has 3 rings (SSSR count). The SMILES string of the molecule is COc1ccc([C@@H](C(=O)O)N2CCN(C3CCCC3)C(=O)C2)c(C)c1. The first kappa shape index (κ1) is 17.7. The minimum Gasteiger partial charge on any atom is -0.497 e. The van der Waals surface area contributed by atoms with Gasteiger partial charge < -0.3 is 14.7 Å². The molecule has 1 atom stereocenters. The highest BCUT2D eigenvalue weighted by atomic mass is 16.5. The molecule has 0 bridgehead atoms. The van der Waals surface area contributed by atoms with Crippen molar-refractivity contribution >= 4 is 11.9 Å². The number of aliphatic carboxylic acids is 1. The highest BCUT2D eigenvalue weighted by Gasteiger charge is 2.37. The number of nitrogens with zero attached hydrogens (tertiary/aromatic N) is 2. The van der Waals surface area contributed by atoms with Gasteiger partial charge in [0.15, 0.2) is 0 Å². The molecule has 1 amide bonds. The van der Waals surface area contributed by atoms with Crippen molar-refractivity contribution in [3.63, 3.8) is 0 Å². The average Bonchev–Trinajstić information content (AvgIpc) is 3.10. The van der Waals surface area contributed by atoms with E-state index in [-0.39, 0.29) is 12.5 Å². The molecule has 6 nitrogen and oxygen atoms in total. The zero-order valence-electron chi connectivity index (χ0n) is 14.9. The van der Waals surface area contributed by atoms with Gasteiger partial charge in [0.05, 0.1) is 13.7 Å². The smallest absolute Gasteiger partial charge is 0.325 e. The second-order valence-corrected chi connectivity index (χ2v) is 6.96. The molecule has 1 saturated heterocycles. The fourth-order valence-corrected chi connectivity index (χ4v) is 4.09. The molecule has 1 aliphatic carbocycles. The Morgan fingerprint density at radius 2 is 2.00 bits per heavy atom. The van der Waals surface area contributed by atoms with Crippen molar-refractivity contribution in [2.45, 2.75) is 44.7 Å². The normalized spacial score (nSPS) is 20.7. The lowest BCUT2D eigenvalue weighted by Gasteiger charge is -2.40. The van der Waals surface area contributed by atoms with Gasteiger partial charge in [-0.05, 0) is 43.0 Å². The van der Waals surface area contributed by atoms with E-state index in [4.69, 9.17) is 4.74 Å². The summed E-state index contributed by atoms with van der Waals surface area (Å²) in [5.74, 6) is -0.168. The van der Waals surface area contributed by atoms with Gasteiger partial charge in [-0.15, -0.1) is 0 Å². The van der Waals surface area contributed by atoms with E-state index in [1.807, 2.05) is 17.9 Å². The third kappa shape index (κ3) is 3.63. The van der Waals surface area contributed by atoms with Gasteiger partial charge in [0, 0.05) is 19.1 Å². The average molecular weight is 346 g/mol. The molecular formula is C19H26N2O4. The molecule has 1 aromatic carbocycles. The number of aryl methyl sites for hydroxylation is 1. The Bertz CT molecular complexity index is 655. The van der Waals surface area contributed by atoms with Crippen LogP contribution in [0.25, 0.3) is 0 Å². The van der Waals surface area contributed by atoms with Crippen molar-refractivity contribution < 1.29 is 19.4 Å². The summed E-state index contributed by atoms with van der Waals surface area (Å²) in [5, 5.41) is 9.80. The van der Waals surface area contributed by atoms with Crippen LogP contribution in [0.1, 0.15) is 42.9 Å². The summed E-state index contributed by atoms with van der Waals surface area (Å²) in [6.45, 7) is 3.25. The second-order valence-electron chi connectivity index (χ2n) is 6.96. The molecule has 0 unspecified atom stereocenters. The number of methoxy groups -OCH3 is 1. The first-order valence-electron chi connectivity index (χ1n) is 8.92. The summed E-state index contributed by atoms with van der Waals surface area (Å²) < 4.78 is 5.20. The number of carbonyl (C=O) groups is 2. The number of hydrogen-bond donors (Lipinski definition) is 1. The Labute approximate surface area is 148 Å². The van der Waals surface area contributed by atoms with Crippen LogP contribution in [0.4, 0.5) is 0 Å². The molecule has 0 spiro atoms. The number of carboxylic acid groups (broad SMARTS) is 1. The molecule has 2 aliphatic rings. The molecule has 1 heterocycles. The predicted octanol–water partition coefficient (Wildman–Crippen LogP) is 2.22. The van der Waals surface area contributed by atoms with Crippen LogP contribution in [0, 0.1) is 6.92 Å². The van der Waals surface area contributed by atoms with Crippen LogP contribution in [0.5, 0.6) is 5.75 Å². The standard InChI is InChI=1S/C19H26N2O4/c1-13-11-15(25-2)7-8-16(13)18(19(23)24)20-9-10-21(17(22)12-20)14-5-3-4-6-14/h7-8,11,14,18H,3-6,9-10,12H2,1-2H3,(H,23,24)/t18-/m0/s1. The number of hydrogen-bond acceptors (Lipinski definition) is 4. The zero-order valence-corrected chi connectivity index (χ0v) is 14.9. The number of ether oxygens (including phenoxy) is 1. The Morgan fingerprint density at radius 3 is 2.56 bits per heavy atom. The molecule has 1 aromatic rings. The van der Waals surface area contributed by atoms with Crippen LogP contribution in [0.3, 0.4) is 0 Å². The summed E-state index contributed by atoms with van der Waals surface area (Å²) in [7, 11) is 1.59. The van der Waals surface area contributed by atoms with Gasteiger partial charge in [0.1, 0.15) is 11.8 Å². The van der Waals surface area contributed by atoms with Crippen molar-refractivity contribution in [1.82, 2.24) is 9.80 Å². The lowest BCUT2D eigenvalue weighted by Crippen LogP contribution is -2.55. The fourth-order valence-electron chi connectivity index (χ4n) is 4.09. The molecule has 1 aliphatic heterocycles. The lowest BCUT2D eigenvalue weighted by molar-refractivity contribution is -0.148. The Morgan fingerprint density at radius 1 is 1.28 bits per heavy atom. The maximum absolute atomic E-state index is 12.6. The maximum atomic E-state index is 12.6. The molecule has 25 heavy (non-hydrogen) atoms. The lowest BCUT2D eigenvalue weighted by atomic mass is 9.98. The van der Waals surface area contributed by atoms with Gasteiger partial charge in [0.25, 0.3) is 0 Å². The van der Waals surface area contributed by atoms with Gasteiger partial charge in [-0.2, -0.15) is 0 Å². The Hall–Kier alpha value is -2.08. The molecular weight excluding hydrogens is 320 g/mol. The van der Waals surface area contributed by atoms with E-state index >= 15 is 0 Å². The van der Waals surface area contributed by atoms with E-state index in [2.05, 4.69) is 0 Å². The quantitative estimate of drug-likeness (QED) is 0.885. The van der Waals surface area contributed by atoms with E-state index in [0.717, 1.165) is 24.0 Å². The van der Waals surface area contributed by atoms with Gasteiger partial charge in [0.2, 0.25) is 5.91 Å². The molecule has 0 aromatic heterocycles. The third-order valence-corrected chi connectivity index (χ3v) is 5.42. The van der Waals surface area contributed by atoms with E-state index in [1.54, 1.807) is 24.1 Å².